The molecule has 0 spiro atoms. The summed E-state index contributed by atoms with van der Waals surface area (Å²) >= 11 is 7.73. The second-order valence-electron chi connectivity index (χ2n) is 7.97. The number of halogens is 2. The number of amides is 1. The summed E-state index contributed by atoms with van der Waals surface area (Å²) in [5.41, 5.74) is 3.53. The number of carbonyl (C=O) groups excluding carboxylic acids is 1. The van der Waals surface area contributed by atoms with E-state index >= 15 is 0 Å². The number of nitrogens with zero attached hydrogens (tertiary/aromatic N) is 3. The molecule has 3 aromatic carbocycles. The predicted molar refractivity (Wildman–Crippen MR) is 139 cm³/mol. The van der Waals surface area contributed by atoms with Crippen LogP contribution in [0.5, 0.6) is 0 Å². The molecular weight excluding hydrogens is 483 g/mol. The van der Waals surface area contributed by atoms with E-state index in [1.54, 1.807) is 24.3 Å². The number of carbonyl (C=O) groups is 1. The average Bonchev–Trinajstić information content (AvgIpc) is 2.87. The Morgan fingerprint density at radius 2 is 1.69 bits per heavy atom. The van der Waals surface area contributed by atoms with Crippen molar-refractivity contribution in [2.75, 3.05) is 11.9 Å². The maximum Gasteiger partial charge on any atom is 0.251 e. The van der Waals surface area contributed by atoms with E-state index in [1.807, 2.05) is 48.3 Å². The Hall–Kier alpha value is -3.42. The summed E-state index contributed by atoms with van der Waals surface area (Å²) in [5, 5.41) is 3.82. The second kappa shape index (κ2) is 11.8. The molecule has 35 heavy (non-hydrogen) atoms. The number of hydrogen-bond acceptors (Lipinski definition) is 5. The molecule has 0 atom stereocenters. The Labute approximate surface area is 213 Å². The Bertz CT molecular complexity index is 1290. The third kappa shape index (κ3) is 7.28. The Kier molecular flexibility index (Phi) is 8.34. The Morgan fingerprint density at radius 3 is 2.46 bits per heavy atom. The van der Waals surface area contributed by atoms with Crippen molar-refractivity contribution in [2.24, 2.45) is 0 Å². The highest BCUT2D eigenvalue weighted by Gasteiger charge is 2.11. The lowest BCUT2D eigenvalue weighted by Crippen LogP contribution is -2.22. The van der Waals surface area contributed by atoms with Crippen LogP contribution in [0.15, 0.2) is 90.1 Å². The van der Waals surface area contributed by atoms with Gasteiger partial charge in [0.1, 0.15) is 16.8 Å². The van der Waals surface area contributed by atoms with Crippen molar-refractivity contribution in [3.05, 3.63) is 118 Å². The van der Waals surface area contributed by atoms with Crippen molar-refractivity contribution < 1.29 is 9.18 Å². The van der Waals surface area contributed by atoms with Crippen molar-refractivity contribution in [1.29, 1.82) is 0 Å². The molecule has 0 unspecified atom stereocenters. The summed E-state index contributed by atoms with van der Waals surface area (Å²) in [6.07, 6.45) is 0. The third-order valence-electron chi connectivity index (χ3n) is 5.24. The molecule has 0 aliphatic heterocycles. The van der Waals surface area contributed by atoms with Crippen LogP contribution in [0.1, 0.15) is 27.0 Å². The number of nitrogens with one attached hydrogen (secondary N) is 1. The van der Waals surface area contributed by atoms with Crippen molar-refractivity contribution in [3.63, 3.8) is 0 Å². The van der Waals surface area contributed by atoms with Crippen LogP contribution >= 0.6 is 23.4 Å². The van der Waals surface area contributed by atoms with Gasteiger partial charge in [-0.1, -0.05) is 78.0 Å². The SMILES string of the molecule is CN(Cc1ccccc1)c1cc(Cl)nc(SCc2cccc(C(=O)NCc3ccc(F)cc3)c2)n1. The van der Waals surface area contributed by atoms with Crippen LogP contribution in [0.25, 0.3) is 0 Å². The second-order valence-corrected chi connectivity index (χ2v) is 9.30. The van der Waals surface area contributed by atoms with Crippen LogP contribution in [-0.2, 0) is 18.8 Å². The van der Waals surface area contributed by atoms with Gasteiger partial charge in [0, 0.05) is 37.5 Å². The zero-order valence-electron chi connectivity index (χ0n) is 19.1. The highest BCUT2D eigenvalue weighted by atomic mass is 35.5. The molecule has 1 amide bonds. The van der Waals surface area contributed by atoms with Gasteiger partial charge in [-0.05, 0) is 41.0 Å². The molecule has 5 nitrogen and oxygen atoms in total. The molecule has 0 saturated carbocycles. The normalized spacial score (nSPS) is 10.7. The maximum atomic E-state index is 13.1. The van der Waals surface area contributed by atoms with Gasteiger partial charge < -0.3 is 10.2 Å². The number of hydrogen-bond donors (Lipinski definition) is 1. The fourth-order valence-electron chi connectivity index (χ4n) is 3.42. The van der Waals surface area contributed by atoms with Gasteiger partial charge in [-0.15, -0.1) is 0 Å². The first-order valence-electron chi connectivity index (χ1n) is 11.0. The van der Waals surface area contributed by atoms with Gasteiger partial charge in [0.25, 0.3) is 5.91 Å². The molecule has 1 N–H and O–H groups in total. The van der Waals surface area contributed by atoms with E-state index in [0.29, 0.717) is 34.7 Å². The molecule has 0 bridgehead atoms. The summed E-state index contributed by atoms with van der Waals surface area (Å²) in [7, 11) is 1.97. The van der Waals surface area contributed by atoms with Crippen molar-refractivity contribution in [1.82, 2.24) is 15.3 Å². The lowest BCUT2D eigenvalue weighted by molar-refractivity contribution is 0.0951. The van der Waals surface area contributed by atoms with Crippen LogP contribution in [0.4, 0.5) is 10.2 Å². The number of benzene rings is 3. The van der Waals surface area contributed by atoms with Gasteiger partial charge in [0.2, 0.25) is 0 Å². The van der Waals surface area contributed by atoms with Crippen LogP contribution in [0, 0.1) is 5.82 Å². The van der Waals surface area contributed by atoms with Gasteiger partial charge in [-0.25, -0.2) is 14.4 Å². The van der Waals surface area contributed by atoms with E-state index in [1.165, 1.54) is 29.5 Å². The minimum absolute atomic E-state index is 0.190. The van der Waals surface area contributed by atoms with Crippen molar-refractivity contribution >= 4 is 35.1 Å². The van der Waals surface area contributed by atoms with E-state index in [4.69, 9.17) is 11.6 Å². The average molecular weight is 507 g/mol. The van der Waals surface area contributed by atoms with E-state index in [0.717, 1.165) is 16.9 Å². The highest BCUT2D eigenvalue weighted by Crippen LogP contribution is 2.25. The summed E-state index contributed by atoms with van der Waals surface area (Å²) in [5.74, 6) is 0.834. The first-order valence-corrected chi connectivity index (χ1v) is 12.4. The van der Waals surface area contributed by atoms with E-state index in [9.17, 15) is 9.18 Å². The maximum absolute atomic E-state index is 13.1. The van der Waals surface area contributed by atoms with E-state index < -0.39 is 0 Å². The summed E-state index contributed by atoms with van der Waals surface area (Å²) in [6, 6.07) is 25.4. The highest BCUT2D eigenvalue weighted by molar-refractivity contribution is 7.98. The van der Waals surface area contributed by atoms with Gasteiger partial charge >= 0.3 is 0 Å². The first-order chi connectivity index (χ1) is 17.0. The summed E-state index contributed by atoms with van der Waals surface area (Å²) in [4.78, 5) is 23.6. The van der Waals surface area contributed by atoms with Gasteiger partial charge in [0.15, 0.2) is 5.16 Å². The number of thioether (sulfide) groups is 1. The Morgan fingerprint density at radius 1 is 0.943 bits per heavy atom. The van der Waals surface area contributed by atoms with Crippen molar-refractivity contribution in [3.8, 4) is 0 Å². The number of rotatable bonds is 9. The van der Waals surface area contributed by atoms with Crippen LogP contribution in [0.2, 0.25) is 5.15 Å². The lowest BCUT2D eigenvalue weighted by Gasteiger charge is -2.19. The van der Waals surface area contributed by atoms with Crippen LogP contribution < -0.4 is 10.2 Å². The molecule has 178 valence electrons. The monoisotopic (exact) mass is 506 g/mol. The fourth-order valence-corrected chi connectivity index (χ4v) is 4.44. The molecule has 4 rings (SSSR count). The molecular formula is C27H24ClFN4OS. The zero-order valence-corrected chi connectivity index (χ0v) is 20.7. The van der Waals surface area contributed by atoms with Gasteiger partial charge in [0.05, 0.1) is 0 Å². The summed E-state index contributed by atoms with van der Waals surface area (Å²) in [6.45, 7) is 1.03. The molecule has 0 aliphatic carbocycles. The fraction of sp³-hybridized carbons (Fsp3) is 0.148. The van der Waals surface area contributed by atoms with Gasteiger partial charge in [-0.3, -0.25) is 4.79 Å². The molecule has 1 heterocycles. The van der Waals surface area contributed by atoms with Crippen molar-refractivity contribution in [2.45, 2.75) is 24.0 Å². The minimum atomic E-state index is -0.302. The largest absolute Gasteiger partial charge is 0.355 e. The van der Waals surface area contributed by atoms with Gasteiger partial charge in [-0.2, -0.15) is 0 Å². The smallest absolute Gasteiger partial charge is 0.251 e. The van der Waals surface area contributed by atoms with E-state index in [2.05, 4.69) is 27.4 Å². The zero-order chi connectivity index (χ0) is 24.6. The van der Waals surface area contributed by atoms with E-state index in [-0.39, 0.29) is 11.7 Å². The third-order valence-corrected chi connectivity index (χ3v) is 6.35. The molecule has 0 aliphatic rings. The molecule has 8 heteroatoms. The molecule has 0 fully saturated rings. The summed E-state index contributed by atoms with van der Waals surface area (Å²) < 4.78 is 13.1. The Balaban J connectivity index is 1.37. The lowest BCUT2D eigenvalue weighted by atomic mass is 10.1. The quantitative estimate of drug-likeness (QED) is 0.168. The number of anilines is 1. The molecule has 0 saturated heterocycles. The predicted octanol–water partition coefficient (Wildman–Crippen LogP) is 6.13. The van der Waals surface area contributed by atoms with Crippen LogP contribution in [0.3, 0.4) is 0 Å². The molecule has 1 aromatic heterocycles. The topological polar surface area (TPSA) is 58.1 Å². The molecule has 0 radical (unpaired) electrons. The first kappa shape index (κ1) is 24.7. The number of aromatic nitrogens is 2. The minimum Gasteiger partial charge on any atom is -0.355 e. The van der Waals surface area contributed by atoms with Crippen LogP contribution in [-0.4, -0.2) is 22.9 Å². The molecule has 4 aromatic rings. The standard InChI is InChI=1S/C27H24ClFN4OS/c1-33(17-20-6-3-2-4-7-20)25-15-24(28)31-27(32-25)35-18-21-8-5-9-22(14-21)26(34)30-16-19-10-12-23(29)13-11-19/h2-15H,16-18H2,1H3,(H,30,34).